The Morgan fingerprint density at radius 1 is 0.915 bits per heavy atom. The number of ether oxygens (including phenoxy) is 1. The zero-order valence-electron chi connectivity index (χ0n) is 26.5. The summed E-state index contributed by atoms with van der Waals surface area (Å²) in [5, 5.41) is 6.17. The molecule has 0 aliphatic carbocycles. The lowest BCUT2D eigenvalue weighted by Gasteiger charge is -2.31. The van der Waals surface area contributed by atoms with Crippen LogP contribution in [0.25, 0.3) is 0 Å². The minimum absolute atomic E-state index is 0.0585. The highest BCUT2D eigenvalue weighted by Crippen LogP contribution is 2.26. The van der Waals surface area contributed by atoms with Crippen LogP contribution in [-0.4, -0.2) is 107 Å². The van der Waals surface area contributed by atoms with E-state index in [2.05, 4.69) is 10.6 Å². The maximum Gasteiger partial charge on any atom is 0.355 e. The number of amides is 5. The van der Waals surface area contributed by atoms with Crippen molar-refractivity contribution in [1.82, 2.24) is 25.5 Å². The van der Waals surface area contributed by atoms with E-state index in [0.29, 0.717) is 44.2 Å². The molecule has 0 spiro atoms. The van der Waals surface area contributed by atoms with Gasteiger partial charge in [-0.25, -0.2) is 4.79 Å². The first-order valence-corrected chi connectivity index (χ1v) is 16.1. The summed E-state index contributed by atoms with van der Waals surface area (Å²) in [7, 11) is 0. The second-order valence-corrected chi connectivity index (χ2v) is 12.1. The molecule has 0 aromatic heterocycles. The van der Waals surface area contributed by atoms with Gasteiger partial charge in [0.1, 0.15) is 18.1 Å². The number of hydrogen-bond acceptors (Lipinski definition) is 9. The Bertz CT molecular complexity index is 1430. The molecule has 2 aromatic rings. The summed E-state index contributed by atoms with van der Waals surface area (Å²) in [4.78, 5) is 87.1. The van der Waals surface area contributed by atoms with Crippen molar-refractivity contribution in [3.05, 3.63) is 71.8 Å². The number of rotatable bonds is 13. The third-order valence-corrected chi connectivity index (χ3v) is 8.67. The molecular formula is C34H41N5O8. The molecule has 3 heterocycles. The Morgan fingerprint density at radius 2 is 1.53 bits per heavy atom. The van der Waals surface area contributed by atoms with Crippen molar-refractivity contribution in [2.24, 2.45) is 0 Å². The third-order valence-electron chi connectivity index (χ3n) is 8.67. The summed E-state index contributed by atoms with van der Waals surface area (Å²) >= 11 is 0. The van der Waals surface area contributed by atoms with E-state index in [-0.39, 0.29) is 38.1 Å². The van der Waals surface area contributed by atoms with Crippen molar-refractivity contribution in [2.75, 3.05) is 32.8 Å². The predicted molar refractivity (Wildman–Crippen MR) is 168 cm³/mol. The highest BCUT2D eigenvalue weighted by atomic mass is 16.7. The zero-order chi connectivity index (χ0) is 33.3. The van der Waals surface area contributed by atoms with Gasteiger partial charge in [0.2, 0.25) is 17.7 Å². The van der Waals surface area contributed by atoms with Crippen LogP contribution in [0.4, 0.5) is 0 Å². The number of nitrogens with zero attached hydrogens (tertiary/aromatic N) is 3. The molecule has 2 N–H and O–H groups in total. The van der Waals surface area contributed by atoms with E-state index in [9.17, 15) is 28.8 Å². The predicted octanol–water partition coefficient (Wildman–Crippen LogP) is 0.760. The molecule has 3 aliphatic heterocycles. The first-order chi connectivity index (χ1) is 22.7. The van der Waals surface area contributed by atoms with Crippen LogP contribution in [0.1, 0.15) is 43.7 Å². The summed E-state index contributed by atoms with van der Waals surface area (Å²) < 4.78 is 5.36. The molecule has 3 aliphatic rings. The molecule has 0 bridgehead atoms. The van der Waals surface area contributed by atoms with Gasteiger partial charge in [0, 0.05) is 38.4 Å². The SMILES string of the molecule is CC1C[C@H](NC(=O)[C@H](CCc2ccccc2)NC(=O)CN2CCOCC2)C(=O)N1[C@@H](Cc1ccccc1)C(=O)ON1C(=O)CCC1=O. The maximum absolute atomic E-state index is 13.9. The molecule has 3 saturated heterocycles. The average molecular weight is 648 g/mol. The number of aryl methyl sites for hydroxylation is 1. The molecule has 5 rings (SSSR count). The zero-order valence-corrected chi connectivity index (χ0v) is 26.5. The fourth-order valence-corrected chi connectivity index (χ4v) is 6.17. The topological polar surface area (TPSA) is 155 Å². The van der Waals surface area contributed by atoms with Crippen molar-refractivity contribution in [3.63, 3.8) is 0 Å². The normalized spacial score (nSPS) is 21.4. The van der Waals surface area contributed by atoms with Crippen LogP contribution in [0.2, 0.25) is 0 Å². The lowest BCUT2D eigenvalue weighted by molar-refractivity contribution is -0.201. The van der Waals surface area contributed by atoms with E-state index in [0.717, 1.165) is 11.1 Å². The second kappa shape index (κ2) is 15.8. The molecule has 3 fully saturated rings. The highest BCUT2D eigenvalue weighted by molar-refractivity contribution is 6.02. The summed E-state index contributed by atoms with van der Waals surface area (Å²) in [6.45, 7) is 4.19. The fraction of sp³-hybridized carbons (Fsp3) is 0.471. The van der Waals surface area contributed by atoms with Crippen LogP contribution in [0.15, 0.2) is 60.7 Å². The summed E-state index contributed by atoms with van der Waals surface area (Å²) in [5.41, 5.74) is 1.74. The Labute approximate surface area is 273 Å². The maximum atomic E-state index is 13.9. The molecule has 0 saturated carbocycles. The Balaban J connectivity index is 1.29. The molecule has 0 radical (unpaired) electrons. The molecule has 1 unspecified atom stereocenters. The number of benzene rings is 2. The molecular weight excluding hydrogens is 606 g/mol. The van der Waals surface area contributed by atoms with Crippen LogP contribution in [-0.2, 0) is 51.2 Å². The number of carbonyl (C=O) groups is 6. The van der Waals surface area contributed by atoms with Crippen LogP contribution in [0, 0.1) is 0 Å². The number of imide groups is 1. The van der Waals surface area contributed by atoms with Crippen molar-refractivity contribution >= 4 is 35.5 Å². The third kappa shape index (κ3) is 8.80. The smallest absolute Gasteiger partial charge is 0.355 e. The number of hydroxylamine groups is 2. The lowest BCUT2D eigenvalue weighted by Crippen LogP contribution is -2.55. The molecule has 2 aromatic carbocycles. The van der Waals surface area contributed by atoms with Crippen LogP contribution < -0.4 is 10.6 Å². The number of likely N-dealkylation sites (tertiary alicyclic amines) is 1. The molecule has 5 amide bonds. The lowest BCUT2D eigenvalue weighted by atomic mass is 10.0. The summed E-state index contributed by atoms with van der Waals surface area (Å²) in [5.74, 6) is -3.46. The van der Waals surface area contributed by atoms with E-state index >= 15 is 0 Å². The van der Waals surface area contributed by atoms with Gasteiger partial charge in [-0.3, -0.25) is 28.9 Å². The van der Waals surface area contributed by atoms with E-state index in [1.165, 1.54) is 4.90 Å². The molecule has 13 nitrogen and oxygen atoms in total. The van der Waals surface area contributed by atoms with Gasteiger partial charge in [-0.1, -0.05) is 60.7 Å². The van der Waals surface area contributed by atoms with Gasteiger partial charge in [-0.2, -0.15) is 0 Å². The van der Waals surface area contributed by atoms with Crippen molar-refractivity contribution in [2.45, 2.75) is 69.6 Å². The fourth-order valence-electron chi connectivity index (χ4n) is 6.17. The minimum atomic E-state index is -1.16. The van der Waals surface area contributed by atoms with Gasteiger partial charge in [0.05, 0.1) is 19.8 Å². The molecule has 4 atom stereocenters. The Morgan fingerprint density at radius 3 is 2.17 bits per heavy atom. The standard InChI is InChI=1S/C34H41N5O8/c1-23-20-27(33(44)38(23)28(21-25-10-6-3-7-11-25)34(45)47-39-30(41)14-15-31(39)42)36-32(43)26(13-12-24-8-4-2-5-9-24)35-29(40)22-37-16-18-46-19-17-37/h2-11,23,26-28H,12-22H2,1H3,(H,35,40)(H,36,43)/t23?,26-,27-,28-/m0/s1. The van der Waals surface area contributed by atoms with Crippen LogP contribution in [0.5, 0.6) is 0 Å². The van der Waals surface area contributed by atoms with Gasteiger partial charge in [0.15, 0.2) is 0 Å². The van der Waals surface area contributed by atoms with E-state index in [1.807, 2.05) is 41.3 Å². The van der Waals surface area contributed by atoms with E-state index < -0.39 is 53.8 Å². The first kappa shape index (κ1) is 33.7. The molecule has 250 valence electrons. The van der Waals surface area contributed by atoms with Gasteiger partial charge < -0.3 is 25.1 Å². The number of nitrogens with one attached hydrogen (secondary N) is 2. The summed E-state index contributed by atoms with van der Waals surface area (Å²) in [6, 6.07) is 15.1. The Kier molecular flexibility index (Phi) is 11.3. The van der Waals surface area contributed by atoms with Crippen molar-refractivity contribution < 1.29 is 38.3 Å². The number of carbonyl (C=O) groups excluding carboxylic acids is 6. The first-order valence-electron chi connectivity index (χ1n) is 16.1. The van der Waals surface area contributed by atoms with Crippen molar-refractivity contribution in [3.8, 4) is 0 Å². The summed E-state index contributed by atoms with van der Waals surface area (Å²) in [6.07, 6.45) is 0.998. The minimum Gasteiger partial charge on any atom is -0.379 e. The van der Waals surface area contributed by atoms with E-state index in [4.69, 9.17) is 9.57 Å². The number of morpholine rings is 1. The van der Waals surface area contributed by atoms with Crippen LogP contribution in [0.3, 0.4) is 0 Å². The van der Waals surface area contributed by atoms with Crippen LogP contribution >= 0.6 is 0 Å². The Hall–Kier alpha value is -4.62. The average Bonchev–Trinajstić information content (AvgIpc) is 3.54. The second-order valence-electron chi connectivity index (χ2n) is 12.1. The van der Waals surface area contributed by atoms with Gasteiger partial charge in [-0.05, 0) is 37.3 Å². The molecule has 13 heteroatoms. The van der Waals surface area contributed by atoms with Gasteiger partial charge >= 0.3 is 5.97 Å². The quantitative estimate of drug-likeness (QED) is 0.300. The number of hydrogen-bond donors (Lipinski definition) is 2. The largest absolute Gasteiger partial charge is 0.379 e. The monoisotopic (exact) mass is 647 g/mol. The van der Waals surface area contributed by atoms with Gasteiger partial charge in [-0.15, -0.1) is 5.06 Å². The highest BCUT2D eigenvalue weighted by Gasteiger charge is 2.46. The van der Waals surface area contributed by atoms with Gasteiger partial charge in [0.25, 0.3) is 11.8 Å². The molecule has 47 heavy (non-hydrogen) atoms. The van der Waals surface area contributed by atoms with Crippen molar-refractivity contribution in [1.29, 1.82) is 0 Å². The van der Waals surface area contributed by atoms with E-state index in [1.54, 1.807) is 31.2 Å².